The van der Waals surface area contributed by atoms with Gasteiger partial charge in [-0.25, -0.2) is 9.78 Å². The lowest BCUT2D eigenvalue weighted by Gasteiger charge is -2.08. The zero-order valence-electron chi connectivity index (χ0n) is 10.0. The van der Waals surface area contributed by atoms with E-state index in [1.165, 1.54) is 36.5 Å². The van der Waals surface area contributed by atoms with Crippen molar-refractivity contribution in [2.45, 2.75) is 0 Å². The molecule has 1 aromatic carbocycles. The van der Waals surface area contributed by atoms with Crippen molar-refractivity contribution >= 4 is 29.2 Å². The van der Waals surface area contributed by atoms with E-state index in [-0.39, 0.29) is 27.7 Å². The van der Waals surface area contributed by atoms with Crippen molar-refractivity contribution in [2.24, 2.45) is 0 Å². The van der Waals surface area contributed by atoms with Crippen LogP contribution in [0.5, 0.6) is 5.75 Å². The Morgan fingerprint density at radius 1 is 1.15 bits per heavy atom. The molecule has 6 nitrogen and oxygen atoms in total. The first kappa shape index (κ1) is 13.8. The minimum absolute atomic E-state index is 0.00262. The van der Waals surface area contributed by atoms with E-state index in [2.05, 4.69) is 10.3 Å². The third-order valence-electron chi connectivity index (χ3n) is 2.48. The molecule has 1 aromatic heterocycles. The molecule has 3 N–H and O–H groups in total. The molecule has 0 aliphatic carbocycles. The highest BCUT2D eigenvalue weighted by Gasteiger charge is 2.12. The van der Waals surface area contributed by atoms with Gasteiger partial charge in [-0.2, -0.15) is 0 Å². The van der Waals surface area contributed by atoms with Crippen LogP contribution in [-0.4, -0.2) is 27.1 Å². The Hall–Kier alpha value is -2.60. The Kier molecular flexibility index (Phi) is 3.86. The summed E-state index contributed by atoms with van der Waals surface area (Å²) in [6.07, 6.45) is 1.37. The molecule has 0 aliphatic rings. The SMILES string of the molecule is O=C(O)c1ccc(O)c(NC(=O)c2ccnc(Cl)c2)c1. The van der Waals surface area contributed by atoms with Gasteiger partial charge in [-0.1, -0.05) is 11.6 Å². The maximum atomic E-state index is 11.9. The van der Waals surface area contributed by atoms with Gasteiger partial charge in [0.05, 0.1) is 11.3 Å². The summed E-state index contributed by atoms with van der Waals surface area (Å²) < 4.78 is 0. The fourth-order valence-electron chi connectivity index (χ4n) is 1.51. The Bertz CT molecular complexity index is 688. The van der Waals surface area contributed by atoms with Gasteiger partial charge in [0, 0.05) is 11.8 Å². The second-order valence-electron chi connectivity index (χ2n) is 3.86. The molecule has 0 saturated carbocycles. The molecule has 0 spiro atoms. The quantitative estimate of drug-likeness (QED) is 0.596. The predicted octanol–water partition coefficient (Wildman–Crippen LogP) is 2.39. The van der Waals surface area contributed by atoms with Crippen LogP contribution in [0.15, 0.2) is 36.5 Å². The van der Waals surface area contributed by atoms with Crippen LogP contribution in [0.25, 0.3) is 0 Å². The second kappa shape index (κ2) is 5.58. The molecule has 2 aromatic rings. The number of benzene rings is 1. The Balaban J connectivity index is 2.27. The van der Waals surface area contributed by atoms with Gasteiger partial charge in [0.1, 0.15) is 10.9 Å². The van der Waals surface area contributed by atoms with Crippen molar-refractivity contribution < 1.29 is 19.8 Å². The maximum Gasteiger partial charge on any atom is 0.335 e. The molecule has 0 atom stereocenters. The molecule has 1 amide bonds. The number of pyridine rings is 1. The summed E-state index contributed by atoms with van der Waals surface area (Å²) in [5.74, 6) is -1.93. The molecule has 0 fully saturated rings. The molecule has 0 unspecified atom stereocenters. The summed E-state index contributed by atoms with van der Waals surface area (Å²) in [6.45, 7) is 0. The molecule has 20 heavy (non-hydrogen) atoms. The van der Waals surface area contributed by atoms with E-state index >= 15 is 0 Å². The molecule has 0 saturated heterocycles. The third kappa shape index (κ3) is 3.04. The monoisotopic (exact) mass is 292 g/mol. The summed E-state index contributed by atoms with van der Waals surface area (Å²) >= 11 is 5.67. The van der Waals surface area contributed by atoms with Crippen molar-refractivity contribution in [1.29, 1.82) is 0 Å². The van der Waals surface area contributed by atoms with Gasteiger partial charge in [0.2, 0.25) is 0 Å². The second-order valence-corrected chi connectivity index (χ2v) is 4.25. The van der Waals surface area contributed by atoms with Gasteiger partial charge in [-0.15, -0.1) is 0 Å². The summed E-state index contributed by atoms with van der Waals surface area (Å²) in [5, 5.41) is 21.1. The highest BCUT2D eigenvalue weighted by Crippen LogP contribution is 2.25. The van der Waals surface area contributed by atoms with E-state index in [1.807, 2.05) is 0 Å². The number of carbonyl (C=O) groups is 2. The van der Waals surface area contributed by atoms with E-state index in [4.69, 9.17) is 16.7 Å². The molecule has 0 aliphatic heterocycles. The Labute approximate surface area is 118 Å². The number of phenolic OH excluding ortho intramolecular Hbond substituents is 1. The van der Waals surface area contributed by atoms with Crippen molar-refractivity contribution in [1.82, 2.24) is 4.98 Å². The van der Waals surface area contributed by atoms with Crippen molar-refractivity contribution in [3.05, 3.63) is 52.8 Å². The van der Waals surface area contributed by atoms with Crippen LogP contribution < -0.4 is 5.32 Å². The van der Waals surface area contributed by atoms with Crippen molar-refractivity contribution in [3.63, 3.8) is 0 Å². The number of halogens is 1. The summed E-state index contributed by atoms with van der Waals surface area (Å²) in [7, 11) is 0. The number of aromatic nitrogens is 1. The Morgan fingerprint density at radius 3 is 2.55 bits per heavy atom. The molecule has 7 heteroatoms. The minimum Gasteiger partial charge on any atom is -0.506 e. The zero-order chi connectivity index (χ0) is 14.7. The van der Waals surface area contributed by atoms with Gasteiger partial charge in [-0.05, 0) is 30.3 Å². The molecular weight excluding hydrogens is 284 g/mol. The van der Waals surface area contributed by atoms with Gasteiger partial charge in [-0.3, -0.25) is 4.79 Å². The largest absolute Gasteiger partial charge is 0.506 e. The number of nitrogens with zero attached hydrogens (tertiary/aromatic N) is 1. The standard InChI is InChI=1S/C13H9ClN2O4/c14-11-6-7(3-4-15-11)12(18)16-9-5-8(13(19)20)1-2-10(9)17/h1-6,17H,(H,16,18)(H,19,20). The number of amides is 1. The maximum absolute atomic E-state index is 11.9. The number of aromatic carboxylic acids is 1. The van der Waals surface area contributed by atoms with E-state index < -0.39 is 11.9 Å². The molecule has 1 heterocycles. The van der Waals surface area contributed by atoms with Gasteiger partial charge in [0.25, 0.3) is 5.91 Å². The van der Waals surface area contributed by atoms with E-state index in [0.29, 0.717) is 0 Å². The first-order valence-electron chi connectivity index (χ1n) is 5.46. The van der Waals surface area contributed by atoms with Crippen LogP contribution in [0.4, 0.5) is 5.69 Å². The van der Waals surface area contributed by atoms with Gasteiger partial charge >= 0.3 is 5.97 Å². The van der Waals surface area contributed by atoms with Crippen LogP contribution >= 0.6 is 11.6 Å². The minimum atomic E-state index is -1.16. The number of anilines is 1. The number of carboxylic acid groups (broad SMARTS) is 1. The van der Waals surface area contributed by atoms with Crippen LogP contribution in [0.1, 0.15) is 20.7 Å². The average Bonchev–Trinajstić information content (AvgIpc) is 2.41. The fourth-order valence-corrected chi connectivity index (χ4v) is 1.68. The number of aromatic hydroxyl groups is 1. The highest BCUT2D eigenvalue weighted by molar-refractivity contribution is 6.29. The predicted molar refractivity (Wildman–Crippen MR) is 72.3 cm³/mol. The third-order valence-corrected chi connectivity index (χ3v) is 2.69. The van der Waals surface area contributed by atoms with Crippen LogP contribution in [-0.2, 0) is 0 Å². The molecule has 0 bridgehead atoms. The molecule has 2 rings (SSSR count). The van der Waals surface area contributed by atoms with Crippen LogP contribution in [0.3, 0.4) is 0 Å². The number of phenols is 1. The fraction of sp³-hybridized carbons (Fsp3) is 0. The number of hydrogen-bond acceptors (Lipinski definition) is 4. The van der Waals surface area contributed by atoms with Gasteiger partial charge in [0.15, 0.2) is 0 Å². The molecular formula is C13H9ClN2O4. The average molecular weight is 293 g/mol. The van der Waals surface area contributed by atoms with E-state index in [1.54, 1.807) is 0 Å². The number of carbonyl (C=O) groups excluding carboxylic acids is 1. The van der Waals surface area contributed by atoms with Crippen molar-refractivity contribution in [2.75, 3.05) is 5.32 Å². The summed E-state index contributed by atoms with van der Waals surface area (Å²) in [5.41, 5.74) is 0.193. The van der Waals surface area contributed by atoms with Crippen LogP contribution in [0.2, 0.25) is 5.15 Å². The first-order valence-corrected chi connectivity index (χ1v) is 5.84. The lowest BCUT2D eigenvalue weighted by molar-refractivity contribution is 0.0696. The number of nitrogens with one attached hydrogen (secondary N) is 1. The first-order chi connectivity index (χ1) is 9.47. The number of hydrogen-bond donors (Lipinski definition) is 3. The van der Waals surface area contributed by atoms with Crippen molar-refractivity contribution in [3.8, 4) is 5.75 Å². The topological polar surface area (TPSA) is 99.5 Å². The lowest BCUT2D eigenvalue weighted by atomic mass is 10.1. The van der Waals surface area contributed by atoms with Gasteiger partial charge < -0.3 is 15.5 Å². The summed E-state index contributed by atoms with van der Waals surface area (Å²) in [6, 6.07) is 6.39. The Morgan fingerprint density at radius 2 is 1.90 bits per heavy atom. The number of carboxylic acids is 1. The van der Waals surface area contributed by atoms with E-state index in [0.717, 1.165) is 0 Å². The highest BCUT2D eigenvalue weighted by atomic mass is 35.5. The number of rotatable bonds is 3. The zero-order valence-corrected chi connectivity index (χ0v) is 10.8. The van der Waals surface area contributed by atoms with Crippen LogP contribution in [0, 0.1) is 0 Å². The smallest absolute Gasteiger partial charge is 0.335 e. The normalized spacial score (nSPS) is 10.1. The molecule has 0 radical (unpaired) electrons. The summed E-state index contributed by atoms with van der Waals surface area (Å²) in [4.78, 5) is 26.5. The lowest BCUT2D eigenvalue weighted by Crippen LogP contribution is -2.12. The molecule has 102 valence electrons. The van der Waals surface area contributed by atoms with E-state index in [9.17, 15) is 14.7 Å².